The van der Waals surface area contributed by atoms with Crippen molar-refractivity contribution in [3.63, 3.8) is 0 Å². The van der Waals surface area contributed by atoms with Crippen LogP contribution in [-0.2, 0) is 9.53 Å². The summed E-state index contributed by atoms with van der Waals surface area (Å²) in [4.78, 5) is 10.7. The normalized spacial score (nSPS) is 11.9. The van der Waals surface area contributed by atoms with Crippen molar-refractivity contribution in [1.82, 2.24) is 0 Å². The summed E-state index contributed by atoms with van der Waals surface area (Å²) in [6, 6.07) is 5.88. The van der Waals surface area contributed by atoms with Gasteiger partial charge in [-0.25, -0.2) is 4.39 Å². The molecule has 0 aliphatic heterocycles. The molecule has 0 N–H and O–H groups in total. The molecule has 0 fully saturated rings. The van der Waals surface area contributed by atoms with Crippen LogP contribution in [-0.4, -0.2) is 5.97 Å². The van der Waals surface area contributed by atoms with Crippen LogP contribution in [0, 0.1) is 5.82 Å². The predicted octanol–water partition coefficient (Wildman–Crippen LogP) is 2.62. The quantitative estimate of drug-likeness (QED) is 0.546. The number of hydrogen-bond donors (Lipinski definition) is 0. The molecule has 0 amide bonds. The Bertz CT molecular complexity index is 347. The first-order chi connectivity index (χ1) is 6.63. The first kappa shape index (κ1) is 10.4. The molecule has 0 saturated heterocycles. The Morgan fingerprint density at radius 3 is 2.86 bits per heavy atom. The zero-order valence-electron chi connectivity index (χ0n) is 7.87. The molecule has 0 aliphatic rings. The summed E-state index contributed by atoms with van der Waals surface area (Å²) in [5, 5.41) is 0. The summed E-state index contributed by atoms with van der Waals surface area (Å²) in [5.41, 5.74) is 0.579. The lowest BCUT2D eigenvalue weighted by molar-refractivity contribution is -0.144. The van der Waals surface area contributed by atoms with E-state index in [-0.39, 0.29) is 5.82 Å². The molecule has 1 atom stereocenters. The fourth-order valence-electron chi connectivity index (χ4n) is 1.11. The molecule has 0 spiro atoms. The van der Waals surface area contributed by atoms with E-state index in [1.165, 1.54) is 25.1 Å². The van der Waals surface area contributed by atoms with Gasteiger partial charge in [0, 0.05) is 6.92 Å². The molecular weight excluding hydrogens is 183 g/mol. The van der Waals surface area contributed by atoms with E-state index in [4.69, 9.17) is 4.74 Å². The third-order valence-electron chi connectivity index (χ3n) is 1.68. The topological polar surface area (TPSA) is 26.3 Å². The monoisotopic (exact) mass is 194 g/mol. The zero-order chi connectivity index (χ0) is 10.6. The van der Waals surface area contributed by atoms with Crippen LogP contribution in [0.25, 0.3) is 0 Å². The van der Waals surface area contributed by atoms with Crippen LogP contribution in [0.5, 0.6) is 0 Å². The molecular formula is C11H11FO2. The van der Waals surface area contributed by atoms with E-state index in [1.54, 1.807) is 12.1 Å². The largest absolute Gasteiger partial charge is 0.453 e. The number of carbonyl (C=O) groups is 1. The minimum absolute atomic E-state index is 0.360. The van der Waals surface area contributed by atoms with Crippen molar-refractivity contribution in [3.05, 3.63) is 48.3 Å². The molecule has 0 saturated carbocycles. The molecule has 2 nitrogen and oxygen atoms in total. The Labute approximate surface area is 82.0 Å². The van der Waals surface area contributed by atoms with Gasteiger partial charge in [0.2, 0.25) is 0 Å². The highest BCUT2D eigenvalue weighted by atomic mass is 19.1. The smallest absolute Gasteiger partial charge is 0.303 e. The number of ether oxygens (including phenoxy) is 1. The van der Waals surface area contributed by atoms with Crippen molar-refractivity contribution in [1.29, 1.82) is 0 Å². The maximum Gasteiger partial charge on any atom is 0.303 e. The van der Waals surface area contributed by atoms with E-state index in [2.05, 4.69) is 6.58 Å². The maximum absolute atomic E-state index is 12.8. The maximum atomic E-state index is 12.8. The van der Waals surface area contributed by atoms with Crippen molar-refractivity contribution in [2.45, 2.75) is 13.0 Å². The van der Waals surface area contributed by atoms with Gasteiger partial charge >= 0.3 is 5.97 Å². The lowest BCUT2D eigenvalue weighted by Gasteiger charge is -2.12. The molecule has 0 aromatic heterocycles. The Hall–Kier alpha value is -1.64. The highest BCUT2D eigenvalue weighted by Crippen LogP contribution is 2.19. The van der Waals surface area contributed by atoms with Crippen LogP contribution in [0.1, 0.15) is 18.6 Å². The van der Waals surface area contributed by atoms with Gasteiger partial charge in [0.1, 0.15) is 11.9 Å². The van der Waals surface area contributed by atoms with Gasteiger partial charge in [-0.05, 0) is 23.8 Å². The van der Waals surface area contributed by atoms with Crippen molar-refractivity contribution in [2.24, 2.45) is 0 Å². The van der Waals surface area contributed by atoms with Crippen molar-refractivity contribution < 1.29 is 13.9 Å². The van der Waals surface area contributed by atoms with Gasteiger partial charge in [-0.2, -0.15) is 0 Å². The second-order valence-electron chi connectivity index (χ2n) is 2.82. The molecule has 1 aromatic carbocycles. The molecule has 1 unspecified atom stereocenters. The Kier molecular flexibility index (Phi) is 3.40. The zero-order valence-corrected chi connectivity index (χ0v) is 7.87. The summed E-state index contributed by atoms with van der Waals surface area (Å²) >= 11 is 0. The Balaban J connectivity index is 2.89. The van der Waals surface area contributed by atoms with Crippen LogP contribution in [0.15, 0.2) is 36.9 Å². The molecule has 14 heavy (non-hydrogen) atoms. The predicted molar refractivity (Wildman–Crippen MR) is 51.1 cm³/mol. The van der Waals surface area contributed by atoms with Crippen molar-refractivity contribution in [2.75, 3.05) is 0 Å². The molecule has 0 radical (unpaired) electrons. The fraction of sp³-hybridized carbons (Fsp3) is 0.182. The average molecular weight is 194 g/mol. The van der Waals surface area contributed by atoms with Crippen LogP contribution >= 0.6 is 0 Å². The van der Waals surface area contributed by atoms with Gasteiger partial charge in [0.15, 0.2) is 0 Å². The molecule has 1 aromatic rings. The highest BCUT2D eigenvalue weighted by Gasteiger charge is 2.10. The van der Waals surface area contributed by atoms with Gasteiger partial charge in [-0.1, -0.05) is 18.7 Å². The van der Waals surface area contributed by atoms with E-state index in [9.17, 15) is 9.18 Å². The van der Waals surface area contributed by atoms with E-state index >= 15 is 0 Å². The van der Waals surface area contributed by atoms with Gasteiger partial charge in [0.05, 0.1) is 0 Å². The number of rotatable bonds is 3. The van der Waals surface area contributed by atoms with E-state index < -0.39 is 12.1 Å². The summed E-state index contributed by atoms with van der Waals surface area (Å²) < 4.78 is 17.7. The van der Waals surface area contributed by atoms with Crippen molar-refractivity contribution in [3.8, 4) is 0 Å². The molecule has 0 aliphatic carbocycles. The van der Waals surface area contributed by atoms with Gasteiger partial charge in [0.25, 0.3) is 0 Å². The second kappa shape index (κ2) is 4.56. The fourth-order valence-corrected chi connectivity index (χ4v) is 1.11. The van der Waals surface area contributed by atoms with Gasteiger partial charge in [-0.15, -0.1) is 0 Å². The summed E-state index contributed by atoms with van der Waals surface area (Å²) in [6.07, 6.45) is 0.874. The Morgan fingerprint density at radius 1 is 1.64 bits per heavy atom. The Morgan fingerprint density at radius 2 is 2.36 bits per heavy atom. The molecule has 0 bridgehead atoms. The SMILES string of the molecule is C=CC(OC(C)=O)c1cccc(F)c1. The van der Waals surface area contributed by atoms with E-state index in [0.717, 1.165) is 0 Å². The molecule has 1 rings (SSSR count). The summed E-state index contributed by atoms with van der Waals surface area (Å²) in [7, 11) is 0. The highest BCUT2D eigenvalue weighted by molar-refractivity contribution is 5.66. The number of carbonyl (C=O) groups excluding carboxylic acids is 1. The van der Waals surface area contributed by atoms with E-state index in [1.807, 2.05) is 0 Å². The van der Waals surface area contributed by atoms with Crippen molar-refractivity contribution >= 4 is 5.97 Å². The first-order valence-corrected chi connectivity index (χ1v) is 4.18. The van der Waals surface area contributed by atoms with Crippen LogP contribution < -0.4 is 0 Å². The number of esters is 1. The lowest BCUT2D eigenvalue weighted by atomic mass is 10.1. The third kappa shape index (κ3) is 2.69. The van der Waals surface area contributed by atoms with Crippen LogP contribution in [0.3, 0.4) is 0 Å². The lowest BCUT2D eigenvalue weighted by Crippen LogP contribution is -2.05. The number of halogens is 1. The minimum atomic E-state index is -0.580. The minimum Gasteiger partial charge on any atom is -0.453 e. The van der Waals surface area contributed by atoms with Crippen LogP contribution in [0.4, 0.5) is 4.39 Å². The molecule has 74 valence electrons. The average Bonchev–Trinajstić information content (AvgIpc) is 2.14. The summed E-state index contributed by atoms with van der Waals surface area (Å²) in [5.74, 6) is -0.777. The molecule has 3 heteroatoms. The van der Waals surface area contributed by atoms with Crippen LogP contribution in [0.2, 0.25) is 0 Å². The number of hydrogen-bond acceptors (Lipinski definition) is 2. The first-order valence-electron chi connectivity index (χ1n) is 4.18. The standard InChI is InChI=1S/C11H11FO2/c1-3-11(14-8(2)13)9-5-4-6-10(12)7-9/h3-7,11H,1H2,2H3. The second-order valence-corrected chi connectivity index (χ2v) is 2.82. The summed E-state index contributed by atoms with van der Waals surface area (Å²) in [6.45, 7) is 4.82. The van der Waals surface area contributed by atoms with E-state index in [0.29, 0.717) is 5.56 Å². The number of benzene rings is 1. The van der Waals surface area contributed by atoms with Gasteiger partial charge < -0.3 is 4.74 Å². The van der Waals surface area contributed by atoms with Gasteiger partial charge in [-0.3, -0.25) is 4.79 Å². The molecule has 0 heterocycles. The third-order valence-corrected chi connectivity index (χ3v) is 1.68.